The maximum atomic E-state index is 12.7. The first-order chi connectivity index (χ1) is 14.9. The molecule has 4 nitrogen and oxygen atoms in total. The molecule has 0 amide bonds. The fraction of sp³-hybridized carbons (Fsp3) is 0.929. The quantitative estimate of drug-likeness (QED) is 0.287. The van der Waals surface area contributed by atoms with E-state index in [9.17, 15) is 9.59 Å². The van der Waals surface area contributed by atoms with Crippen molar-refractivity contribution < 1.29 is 19.1 Å². The molecule has 0 spiro atoms. The lowest BCUT2D eigenvalue weighted by molar-refractivity contribution is -0.178. The summed E-state index contributed by atoms with van der Waals surface area (Å²) in [5.74, 6) is -0.0543. The van der Waals surface area contributed by atoms with E-state index in [-0.39, 0.29) is 24.0 Å². The Morgan fingerprint density at radius 3 is 1.38 bits per heavy atom. The topological polar surface area (TPSA) is 52.6 Å². The van der Waals surface area contributed by atoms with Crippen LogP contribution >= 0.6 is 0 Å². The Balaban J connectivity index is 1.93. The standard InChI is InChI=1S/C28H50O4/c1-9-23(19(3)21-13-11-15-27(5,6)17-21)31-25(29)26(30)32-24(10-2)20(4)22-14-12-16-28(7,8)18-22/h19-24H,9-18H2,1-8H3. The van der Waals surface area contributed by atoms with Crippen LogP contribution in [0.1, 0.15) is 120 Å². The molecule has 2 saturated carbocycles. The molecule has 186 valence electrons. The van der Waals surface area contributed by atoms with Crippen molar-refractivity contribution in [2.45, 2.75) is 132 Å². The second kappa shape index (κ2) is 11.4. The van der Waals surface area contributed by atoms with Gasteiger partial charge in [-0.25, -0.2) is 9.59 Å². The highest BCUT2D eigenvalue weighted by Crippen LogP contribution is 2.44. The molecule has 0 aromatic heterocycles. The highest BCUT2D eigenvalue weighted by Gasteiger charge is 2.38. The van der Waals surface area contributed by atoms with Gasteiger partial charge in [0.25, 0.3) is 0 Å². The number of carbonyl (C=O) groups is 2. The molecule has 0 radical (unpaired) electrons. The summed E-state index contributed by atoms with van der Waals surface area (Å²) in [5, 5.41) is 0. The summed E-state index contributed by atoms with van der Waals surface area (Å²) in [7, 11) is 0. The summed E-state index contributed by atoms with van der Waals surface area (Å²) in [6.07, 6.45) is 10.6. The van der Waals surface area contributed by atoms with Crippen LogP contribution < -0.4 is 0 Å². The van der Waals surface area contributed by atoms with E-state index in [4.69, 9.17) is 9.47 Å². The Bertz CT molecular complexity index is 569. The summed E-state index contributed by atoms with van der Waals surface area (Å²) in [6, 6.07) is 0. The molecular formula is C28H50O4. The van der Waals surface area contributed by atoms with E-state index in [0.717, 1.165) is 25.7 Å². The van der Waals surface area contributed by atoms with Gasteiger partial charge in [-0.2, -0.15) is 0 Å². The SMILES string of the molecule is CCC(OC(=O)C(=O)OC(CC)C(C)C1CCCC(C)(C)C1)C(C)C1CCCC(C)(C)C1. The molecule has 0 bridgehead atoms. The van der Waals surface area contributed by atoms with E-state index in [2.05, 4.69) is 41.5 Å². The molecule has 4 heteroatoms. The Kier molecular flexibility index (Phi) is 9.67. The molecule has 0 aliphatic heterocycles. The molecule has 2 rings (SSSR count). The van der Waals surface area contributed by atoms with E-state index in [1.165, 1.54) is 38.5 Å². The first-order valence-corrected chi connectivity index (χ1v) is 13.3. The number of hydrogen-bond acceptors (Lipinski definition) is 4. The van der Waals surface area contributed by atoms with Gasteiger partial charge in [-0.15, -0.1) is 0 Å². The van der Waals surface area contributed by atoms with Crippen LogP contribution in [0, 0.1) is 34.5 Å². The number of esters is 2. The minimum absolute atomic E-state index is 0.231. The van der Waals surface area contributed by atoms with Gasteiger partial charge in [-0.05, 0) is 73.0 Å². The fourth-order valence-corrected chi connectivity index (χ4v) is 6.51. The van der Waals surface area contributed by atoms with Gasteiger partial charge in [0.2, 0.25) is 0 Å². The fourth-order valence-electron chi connectivity index (χ4n) is 6.51. The zero-order valence-corrected chi connectivity index (χ0v) is 22.2. The summed E-state index contributed by atoms with van der Waals surface area (Å²) in [5.41, 5.74) is 0.688. The Labute approximate surface area is 197 Å². The first kappa shape index (κ1) is 27.2. The number of ether oxygens (including phenoxy) is 2. The molecule has 6 atom stereocenters. The van der Waals surface area contributed by atoms with Crippen molar-refractivity contribution in [3.05, 3.63) is 0 Å². The largest absolute Gasteiger partial charge is 0.454 e. The smallest absolute Gasteiger partial charge is 0.417 e. The lowest BCUT2D eigenvalue weighted by Crippen LogP contribution is -2.39. The second-order valence-electron chi connectivity index (χ2n) is 12.5. The molecule has 6 unspecified atom stereocenters. The van der Waals surface area contributed by atoms with Crippen molar-refractivity contribution in [3.8, 4) is 0 Å². The zero-order chi connectivity index (χ0) is 24.1. The summed E-state index contributed by atoms with van der Waals surface area (Å²) in [4.78, 5) is 25.4. The Morgan fingerprint density at radius 2 is 1.09 bits per heavy atom. The Morgan fingerprint density at radius 1 is 0.750 bits per heavy atom. The molecular weight excluding hydrogens is 400 g/mol. The molecule has 0 aromatic carbocycles. The van der Waals surface area contributed by atoms with Crippen LogP contribution in [0.3, 0.4) is 0 Å². The third-order valence-corrected chi connectivity index (χ3v) is 8.63. The minimum Gasteiger partial charge on any atom is -0.454 e. The van der Waals surface area contributed by atoms with Crippen LogP contribution in [0.2, 0.25) is 0 Å². The van der Waals surface area contributed by atoms with Crippen molar-refractivity contribution in [2.75, 3.05) is 0 Å². The minimum atomic E-state index is -0.812. The Hall–Kier alpha value is -1.06. The monoisotopic (exact) mass is 450 g/mol. The van der Waals surface area contributed by atoms with E-state index in [1.807, 2.05) is 13.8 Å². The van der Waals surface area contributed by atoms with Gasteiger partial charge in [0.05, 0.1) is 0 Å². The molecule has 0 heterocycles. The molecule has 0 saturated heterocycles. The van der Waals surface area contributed by atoms with E-state index >= 15 is 0 Å². The number of hydrogen-bond donors (Lipinski definition) is 0. The van der Waals surface area contributed by atoms with Gasteiger partial charge in [-0.1, -0.05) is 81.1 Å². The van der Waals surface area contributed by atoms with Crippen molar-refractivity contribution in [2.24, 2.45) is 34.5 Å². The van der Waals surface area contributed by atoms with Crippen LogP contribution in [0.15, 0.2) is 0 Å². The van der Waals surface area contributed by atoms with Crippen molar-refractivity contribution in [1.29, 1.82) is 0 Å². The normalized spacial score (nSPS) is 28.8. The lowest BCUT2D eigenvalue weighted by atomic mass is 9.67. The van der Waals surface area contributed by atoms with Gasteiger partial charge in [0, 0.05) is 0 Å². The van der Waals surface area contributed by atoms with Crippen LogP contribution in [-0.2, 0) is 19.1 Å². The van der Waals surface area contributed by atoms with E-state index in [1.54, 1.807) is 0 Å². The third-order valence-electron chi connectivity index (χ3n) is 8.63. The first-order valence-electron chi connectivity index (χ1n) is 13.3. The van der Waals surface area contributed by atoms with Crippen molar-refractivity contribution in [1.82, 2.24) is 0 Å². The third kappa shape index (κ3) is 7.48. The highest BCUT2D eigenvalue weighted by atomic mass is 16.6. The lowest BCUT2D eigenvalue weighted by Gasteiger charge is -2.40. The van der Waals surface area contributed by atoms with Gasteiger partial charge in [0.1, 0.15) is 12.2 Å². The maximum Gasteiger partial charge on any atom is 0.417 e. The molecule has 2 aliphatic carbocycles. The molecule has 32 heavy (non-hydrogen) atoms. The summed E-state index contributed by atoms with van der Waals surface area (Å²) < 4.78 is 11.5. The molecule has 0 aromatic rings. The van der Waals surface area contributed by atoms with Crippen LogP contribution in [0.4, 0.5) is 0 Å². The number of rotatable bonds is 8. The van der Waals surface area contributed by atoms with Gasteiger partial charge < -0.3 is 9.47 Å². The zero-order valence-electron chi connectivity index (χ0n) is 22.2. The van der Waals surface area contributed by atoms with Gasteiger partial charge in [-0.3, -0.25) is 0 Å². The second-order valence-corrected chi connectivity index (χ2v) is 12.5. The van der Waals surface area contributed by atoms with Crippen LogP contribution in [-0.4, -0.2) is 24.1 Å². The maximum absolute atomic E-state index is 12.7. The van der Waals surface area contributed by atoms with Crippen LogP contribution in [0.25, 0.3) is 0 Å². The van der Waals surface area contributed by atoms with Crippen molar-refractivity contribution >= 4 is 11.9 Å². The summed E-state index contributed by atoms with van der Waals surface area (Å²) >= 11 is 0. The van der Waals surface area contributed by atoms with Gasteiger partial charge >= 0.3 is 11.9 Å². The average Bonchev–Trinajstić information content (AvgIpc) is 2.72. The average molecular weight is 451 g/mol. The predicted molar refractivity (Wildman–Crippen MR) is 130 cm³/mol. The molecule has 2 aliphatic rings. The number of carbonyl (C=O) groups excluding carboxylic acids is 2. The molecule has 2 fully saturated rings. The highest BCUT2D eigenvalue weighted by molar-refractivity contribution is 6.29. The molecule has 0 N–H and O–H groups in total. The summed E-state index contributed by atoms with van der Waals surface area (Å²) in [6.45, 7) is 17.8. The van der Waals surface area contributed by atoms with E-state index < -0.39 is 11.9 Å². The van der Waals surface area contributed by atoms with Gasteiger partial charge in [0.15, 0.2) is 0 Å². The van der Waals surface area contributed by atoms with Crippen LogP contribution in [0.5, 0.6) is 0 Å². The predicted octanol–water partition coefficient (Wildman–Crippen LogP) is 7.34. The van der Waals surface area contributed by atoms with Crippen molar-refractivity contribution in [3.63, 3.8) is 0 Å². The van der Waals surface area contributed by atoms with E-state index in [0.29, 0.717) is 22.7 Å².